The van der Waals surface area contributed by atoms with E-state index in [4.69, 9.17) is 0 Å². The molecule has 1 aromatic heterocycles. The van der Waals surface area contributed by atoms with Gasteiger partial charge in [-0.3, -0.25) is 4.79 Å². The number of rotatable bonds is 5. The third kappa shape index (κ3) is 3.48. The second-order valence-electron chi connectivity index (χ2n) is 5.43. The lowest BCUT2D eigenvalue weighted by Gasteiger charge is -2.22. The first kappa shape index (κ1) is 13.8. The molecule has 1 fully saturated rings. The molecule has 0 atom stereocenters. The van der Waals surface area contributed by atoms with Crippen LogP contribution in [0, 0.1) is 11.6 Å². The molecule has 3 nitrogen and oxygen atoms in total. The van der Waals surface area contributed by atoms with Crippen LogP contribution in [-0.2, 0) is 17.8 Å². The molecule has 1 amide bonds. The first-order chi connectivity index (χ1) is 10.1. The van der Waals surface area contributed by atoms with Gasteiger partial charge >= 0.3 is 0 Å². The van der Waals surface area contributed by atoms with Crippen molar-refractivity contribution in [3.8, 4) is 0 Å². The van der Waals surface area contributed by atoms with Crippen LogP contribution in [0.4, 0.5) is 8.78 Å². The molecule has 110 valence electrons. The Morgan fingerprint density at radius 2 is 1.90 bits per heavy atom. The van der Waals surface area contributed by atoms with Gasteiger partial charge in [-0.25, -0.2) is 8.78 Å². The van der Waals surface area contributed by atoms with E-state index < -0.39 is 11.6 Å². The van der Waals surface area contributed by atoms with Crippen LogP contribution >= 0.6 is 0 Å². The number of nitrogens with one attached hydrogen (secondary N) is 1. The molecule has 21 heavy (non-hydrogen) atoms. The number of amides is 1. The van der Waals surface area contributed by atoms with Gasteiger partial charge in [-0.15, -0.1) is 0 Å². The fourth-order valence-corrected chi connectivity index (χ4v) is 2.45. The van der Waals surface area contributed by atoms with Crippen molar-refractivity contribution in [2.24, 2.45) is 0 Å². The zero-order chi connectivity index (χ0) is 14.8. The largest absolute Gasteiger partial charge is 0.367 e. The number of aromatic nitrogens is 1. The molecule has 0 bridgehead atoms. The molecule has 1 aliphatic carbocycles. The highest BCUT2D eigenvalue weighted by Crippen LogP contribution is 2.29. The second-order valence-corrected chi connectivity index (χ2v) is 5.43. The summed E-state index contributed by atoms with van der Waals surface area (Å²) >= 11 is 0. The fraction of sp³-hybridized carbons (Fsp3) is 0.312. The van der Waals surface area contributed by atoms with Crippen LogP contribution < -0.4 is 0 Å². The number of nitrogens with zero attached hydrogens (tertiary/aromatic N) is 1. The quantitative estimate of drug-likeness (QED) is 0.902. The van der Waals surface area contributed by atoms with E-state index in [0.717, 1.165) is 24.5 Å². The normalized spacial score (nSPS) is 14.2. The van der Waals surface area contributed by atoms with E-state index in [1.807, 2.05) is 18.5 Å². The van der Waals surface area contributed by atoms with Gasteiger partial charge in [0.15, 0.2) is 0 Å². The number of benzene rings is 1. The molecule has 1 aliphatic rings. The molecule has 0 unspecified atom stereocenters. The van der Waals surface area contributed by atoms with Crippen LogP contribution in [0.3, 0.4) is 0 Å². The van der Waals surface area contributed by atoms with Gasteiger partial charge in [-0.1, -0.05) is 0 Å². The van der Waals surface area contributed by atoms with E-state index in [0.29, 0.717) is 12.1 Å². The lowest BCUT2D eigenvalue weighted by atomic mass is 10.1. The summed E-state index contributed by atoms with van der Waals surface area (Å²) in [5.41, 5.74) is 1.40. The summed E-state index contributed by atoms with van der Waals surface area (Å²) < 4.78 is 26.4. The van der Waals surface area contributed by atoms with Crippen LogP contribution in [0.5, 0.6) is 0 Å². The highest BCUT2D eigenvalue weighted by Gasteiger charge is 2.32. The van der Waals surface area contributed by atoms with E-state index in [1.165, 1.54) is 12.1 Å². The molecule has 0 spiro atoms. The maximum Gasteiger partial charge on any atom is 0.227 e. The smallest absolute Gasteiger partial charge is 0.227 e. The van der Waals surface area contributed by atoms with E-state index in [1.54, 1.807) is 4.90 Å². The number of hydrogen-bond donors (Lipinski definition) is 1. The van der Waals surface area contributed by atoms with E-state index >= 15 is 0 Å². The predicted octanol–water partition coefficient (Wildman–Crippen LogP) is 3.03. The fourth-order valence-electron chi connectivity index (χ4n) is 2.45. The minimum atomic E-state index is -0.651. The summed E-state index contributed by atoms with van der Waals surface area (Å²) in [6, 6.07) is 5.41. The van der Waals surface area contributed by atoms with Gasteiger partial charge < -0.3 is 9.88 Å². The lowest BCUT2D eigenvalue weighted by Crippen LogP contribution is -2.33. The Balaban J connectivity index is 1.72. The molecule has 1 N–H and O–H groups in total. The minimum Gasteiger partial charge on any atom is -0.367 e. The van der Waals surface area contributed by atoms with E-state index in [-0.39, 0.29) is 18.4 Å². The van der Waals surface area contributed by atoms with Crippen molar-refractivity contribution in [3.05, 3.63) is 59.4 Å². The maximum absolute atomic E-state index is 13.2. The summed E-state index contributed by atoms with van der Waals surface area (Å²) in [5.74, 6) is -1.40. The summed E-state index contributed by atoms with van der Waals surface area (Å²) in [6.45, 7) is 0.533. The van der Waals surface area contributed by atoms with Crippen molar-refractivity contribution < 1.29 is 13.6 Å². The molecule has 0 radical (unpaired) electrons. The lowest BCUT2D eigenvalue weighted by molar-refractivity contribution is -0.131. The van der Waals surface area contributed by atoms with Crippen LogP contribution in [0.2, 0.25) is 0 Å². The third-order valence-corrected chi connectivity index (χ3v) is 3.60. The Bertz CT molecular complexity index is 615. The number of halogens is 2. The van der Waals surface area contributed by atoms with Crippen LogP contribution in [0.25, 0.3) is 0 Å². The second kappa shape index (κ2) is 5.68. The average Bonchev–Trinajstić information content (AvgIpc) is 3.11. The van der Waals surface area contributed by atoms with Gasteiger partial charge in [0, 0.05) is 31.0 Å². The summed E-state index contributed by atoms with van der Waals surface area (Å²) in [5, 5.41) is 0. The van der Waals surface area contributed by atoms with Crippen LogP contribution in [0.1, 0.15) is 24.0 Å². The van der Waals surface area contributed by atoms with Crippen molar-refractivity contribution in [3.63, 3.8) is 0 Å². The Labute approximate surface area is 121 Å². The average molecular weight is 290 g/mol. The van der Waals surface area contributed by atoms with Crippen molar-refractivity contribution >= 4 is 5.91 Å². The van der Waals surface area contributed by atoms with Gasteiger partial charge in [0.2, 0.25) is 5.91 Å². The number of aromatic amines is 1. The molecule has 2 aromatic rings. The highest BCUT2D eigenvalue weighted by molar-refractivity contribution is 5.79. The molecule has 0 saturated heterocycles. The standard InChI is InChI=1S/C16H16F2N2O/c17-13-5-12(6-14(18)8-13)7-16(21)20(15-1-2-15)10-11-3-4-19-9-11/h3-6,8-9,15,19H,1-2,7,10H2. The van der Waals surface area contributed by atoms with E-state index in [9.17, 15) is 13.6 Å². The van der Waals surface area contributed by atoms with Gasteiger partial charge in [-0.2, -0.15) is 0 Å². The Morgan fingerprint density at radius 1 is 1.19 bits per heavy atom. The summed E-state index contributed by atoms with van der Waals surface area (Å²) in [7, 11) is 0. The number of carbonyl (C=O) groups is 1. The van der Waals surface area contributed by atoms with Crippen molar-refractivity contribution in [2.45, 2.75) is 31.8 Å². The molecule has 3 rings (SSSR count). The van der Waals surface area contributed by atoms with Crippen LogP contribution in [-0.4, -0.2) is 21.8 Å². The third-order valence-electron chi connectivity index (χ3n) is 3.60. The van der Waals surface area contributed by atoms with E-state index in [2.05, 4.69) is 4.98 Å². The molecule has 0 aliphatic heterocycles. The molecular weight excluding hydrogens is 274 g/mol. The summed E-state index contributed by atoms with van der Waals surface area (Å²) in [6.07, 6.45) is 5.67. The zero-order valence-corrected chi connectivity index (χ0v) is 11.5. The summed E-state index contributed by atoms with van der Waals surface area (Å²) in [4.78, 5) is 17.2. The highest BCUT2D eigenvalue weighted by atomic mass is 19.1. The van der Waals surface area contributed by atoms with Gasteiger partial charge in [0.05, 0.1) is 6.42 Å². The van der Waals surface area contributed by atoms with Crippen LogP contribution in [0.15, 0.2) is 36.7 Å². The SMILES string of the molecule is O=C(Cc1cc(F)cc(F)c1)N(Cc1cc[nH]c1)C1CC1. The van der Waals surface area contributed by atoms with Gasteiger partial charge in [-0.05, 0) is 42.2 Å². The molecule has 1 aromatic carbocycles. The maximum atomic E-state index is 13.2. The minimum absolute atomic E-state index is 0.0234. The van der Waals surface area contributed by atoms with Gasteiger partial charge in [0.25, 0.3) is 0 Å². The first-order valence-corrected chi connectivity index (χ1v) is 6.98. The molecular formula is C16H16F2N2O. The van der Waals surface area contributed by atoms with Crippen molar-refractivity contribution in [1.29, 1.82) is 0 Å². The molecule has 1 heterocycles. The molecule has 1 saturated carbocycles. The Morgan fingerprint density at radius 3 is 2.48 bits per heavy atom. The van der Waals surface area contributed by atoms with Crippen molar-refractivity contribution in [2.75, 3.05) is 0 Å². The number of hydrogen-bond acceptors (Lipinski definition) is 1. The number of H-pyrrole nitrogens is 1. The Kier molecular flexibility index (Phi) is 3.73. The van der Waals surface area contributed by atoms with Gasteiger partial charge in [0.1, 0.15) is 11.6 Å². The van der Waals surface area contributed by atoms with Crippen molar-refractivity contribution in [1.82, 2.24) is 9.88 Å². The Hall–Kier alpha value is -2.17. The predicted molar refractivity (Wildman–Crippen MR) is 74.4 cm³/mol. The topological polar surface area (TPSA) is 36.1 Å². The zero-order valence-electron chi connectivity index (χ0n) is 11.5. The number of carbonyl (C=O) groups excluding carboxylic acids is 1. The molecule has 5 heteroatoms. The first-order valence-electron chi connectivity index (χ1n) is 6.98. The monoisotopic (exact) mass is 290 g/mol.